The molecular formula is C30H37N7O2. The first-order valence-electron chi connectivity index (χ1n) is 14.0. The third-order valence-electron chi connectivity index (χ3n) is 8.93. The van der Waals surface area contributed by atoms with Crippen molar-refractivity contribution >= 4 is 22.9 Å². The van der Waals surface area contributed by atoms with E-state index in [1.165, 1.54) is 37.1 Å². The number of amides is 1. The van der Waals surface area contributed by atoms with Crippen molar-refractivity contribution in [2.45, 2.75) is 58.7 Å². The molecule has 1 amide bonds. The van der Waals surface area contributed by atoms with E-state index in [1.54, 1.807) is 10.8 Å². The standard InChI is InChI=1S/C30H37N7O2/c1-5-25(38)36-18-30(19-36)16-35(17-30)24(13-29(4)11-12-29)22-9-7-21(8-10-22)20(3)33-27-31-14-23-15-32-28(39)37(6-2)26(23)34-27/h5,7-10,14-15,20,24H,1,6,11-13,16-19H2,2-4H3,(H,31,33,34)/t20-,24?/m0/s1. The average Bonchev–Trinajstić information content (AvgIpc) is 3.62. The van der Waals surface area contributed by atoms with Crippen LogP contribution in [0.2, 0.25) is 0 Å². The van der Waals surface area contributed by atoms with Crippen molar-refractivity contribution in [3.63, 3.8) is 0 Å². The third kappa shape index (κ3) is 4.84. The summed E-state index contributed by atoms with van der Waals surface area (Å²) in [6, 6.07) is 9.33. The van der Waals surface area contributed by atoms with Crippen molar-refractivity contribution in [1.82, 2.24) is 29.3 Å². The monoisotopic (exact) mass is 527 g/mol. The Morgan fingerprint density at radius 2 is 1.77 bits per heavy atom. The van der Waals surface area contributed by atoms with Crippen molar-refractivity contribution < 1.29 is 4.79 Å². The minimum Gasteiger partial charge on any atom is -0.348 e. The van der Waals surface area contributed by atoms with Crippen LogP contribution in [0.4, 0.5) is 5.95 Å². The molecular weight excluding hydrogens is 490 g/mol. The van der Waals surface area contributed by atoms with Crippen LogP contribution in [0.1, 0.15) is 63.2 Å². The molecule has 1 saturated carbocycles. The lowest BCUT2D eigenvalue weighted by atomic mass is 9.71. The lowest BCUT2D eigenvalue weighted by Gasteiger charge is -2.62. The summed E-state index contributed by atoms with van der Waals surface area (Å²) >= 11 is 0. The van der Waals surface area contributed by atoms with E-state index < -0.39 is 0 Å². The molecule has 0 radical (unpaired) electrons. The summed E-state index contributed by atoms with van der Waals surface area (Å²) < 4.78 is 1.56. The molecule has 1 aliphatic carbocycles. The zero-order valence-electron chi connectivity index (χ0n) is 23.1. The van der Waals surface area contributed by atoms with Crippen molar-refractivity contribution in [3.8, 4) is 0 Å². The molecule has 3 aromatic rings. The van der Waals surface area contributed by atoms with Crippen LogP contribution in [0, 0.1) is 10.8 Å². The summed E-state index contributed by atoms with van der Waals surface area (Å²) in [5.74, 6) is 0.534. The van der Waals surface area contributed by atoms with Crippen LogP contribution >= 0.6 is 0 Å². The van der Waals surface area contributed by atoms with Crippen molar-refractivity contribution in [1.29, 1.82) is 0 Å². The second kappa shape index (κ2) is 9.55. The van der Waals surface area contributed by atoms with Crippen molar-refractivity contribution in [3.05, 3.63) is 70.9 Å². The van der Waals surface area contributed by atoms with E-state index in [9.17, 15) is 9.59 Å². The number of rotatable bonds is 9. The normalized spacial score (nSPS) is 20.6. The smallest absolute Gasteiger partial charge is 0.348 e. The number of nitrogens with one attached hydrogen (secondary N) is 1. The SMILES string of the molecule is C=CC(=O)N1CC2(C1)CN(C(CC1(C)CC1)c1ccc([C@H](C)Nc3ncc4cnc(=O)n(CC)c4n3)cc1)C2. The summed E-state index contributed by atoms with van der Waals surface area (Å²) in [4.78, 5) is 41.5. The molecule has 3 aliphatic rings. The van der Waals surface area contributed by atoms with Gasteiger partial charge >= 0.3 is 5.69 Å². The van der Waals surface area contributed by atoms with E-state index in [0.717, 1.165) is 37.1 Å². The first-order valence-corrected chi connectivity index (χ1v) is 14.0. The number of hydrogen-bond donors (Lipinski definition) is 1. The van der Waals surface area contributed by atoms with Gasteiger partial charge in [-0.3, -0.25) is 14.3 Å². The largest absolute Gasteiger partial charge is 0.349 e. The summed E-state index contributed by atoms with van der Waals surface area (Å²) in [7, 11) is 0. The van der Waals surface area contributed by atoms with E-state index >= 15 is 0 Å². The van der Waals surface area contributed by atoms with Crippen molar-refractivity contribution in [2.75, 3.05) is 31.5 Å². The van der Waals surface area contributed by atoms with Crippen LogP contribution in [0.3, 0.4) is 0 Å². The van der Waals surface area contributed by atoms with Gasteiger partial charge < -0.3 is 10.2 Å². The lowest BCUT2D eigenvalue weighted by Crippen LogP contribution is -2.73. The van der Waals surface area contributed by atoms with E-state index in [2.05, 4.69) is 69.9 Å². The minimum absolute atomic E-state index is 0.00447. The van der Waals surface area contributed by atoms with Crippen LogP contribution in [0.5, 0.6) is 0 Å². The Morgan fingerprint density at radius 3 is 2.41 bits per heavy atom. The molecule has 4 heterocycles. The molecule has 0 bridgehead atoms. The number of aromatic nitrogens is 4. The molecule has 2 aromatic heterocycles. The second-order valence-corrected chi connectivity index (χ2v) is 12.1. The molecule has 204 valence electrons. The van der Waals surface area contributed by atoms with Gasteiger partial charge in [-0.2, -0.15) is 4.98 Å². The fourth-order valence-corrected chi connectivity index (χ4v) is 6.24. The van der Waals surface area contributed by atoms with Crippen LogP contribution in [-0.2, 0) is 11.3 Å². The number of benzene rings is 1. The first kappa shape index (κ1) is 25.7. The number of anilines is 1. The molecule has 1 unspecified atom stereocenters. The summed E-state index contributed by atoms with van der Waals surface area (Å²) in [6.45, 7) is 14.3. The van der Waals surface area contributed by atoms with Gasteiger partial charge in [-0.1, -0.05) is 37.8 Å². The van der Waals surface area contributed by atoms with Gasteiger partial charge in [-0.15, -0.1) is 0 Å². The Kier molecular flexibility index (Phi) is 6.29. The number of carbonyl (C=O) groups excluding carboxylic acids is 1. The quantitative estimate of drug-likeness (QED) is 0.421. The van der Waals surface area contributed by atoms with E-state index in [-0.39, 0.29) is 23.1 Å². The van der Waals surface area contributed by atoms with E-state index in [0.29, 0.717) is 29.6 Å². The molecule has 2 aliphatic heterocycles. The number of fused-ring (bicyclic) bond motifs is 1. The molecule has 9 nitrogen and oxygen atoms in total. The van der Waals surface area contributed by atoms with Gasteiger partial charge in [0, 0.05) is 56.6 Å². The maximum atomic E-state index is 12.1. The maximum absolute atomic E-state index is 12.1. The maximum Gasteiger partial charge on any atom is 0.349 e. The fourth-order valence-electron chi connectivity index (χ4n) is 6.24. The van der Waals surface area contributed by atoms with Crippen LogP contribution in [-0.4, -0.2) is 61.4 Å². The highest BCUT2D eigenvalue weighted by Gasteiger charge is 2.55. The molecule has 2 atom stereocenters. The molecule has 9 heteroatoms. The molecule has 1 N–H and O–H groups in total. The number of aryl methyl sites for hydroxylation is 1. The van der Waals surface area contributed by atoms with Crippen molar-refractivity contribution in [2.24, 2.45) is 10.8 Å². The van der Waals surface area contributed by atoms with Gasteiger partial charge in [0.1, 0.15) is 0 Å². The number of carbonyl (C=O) groups is 1. The fraction of sp³-hybridized carbons (Fsp3) is 0.500. The predicted octanol–water partition coefficient (Wildman–Crippen LogP) is 3.94. The van der Waals surface area contributed by atoms with Crippen LogP contribution in [0.25, 0.3) is 11.0 Å². The Labute approximate surface area is 229 Å². The molecule has 39 heavy (non-hydrogen) atoms. The third-order valence-corrected chi connectivity index (χ3v) is 8.93. The van der Waals surface area contributed by atoms with Gasteiger partial charge in [0.2, 0.25) is 11.9 Å². The Morgan fingerprint density at radius 1 is 1.10 bits per heavy atom. The molecule has 6 rings (SSSR count). The highest BCUT2D eigenvalue weighted by Crippen LogP contribution is 2.54. The molecule has 2 saturated heterocycles. The van der Waals surface area contributed by atoms with Gasteiger partial charge in [-0.05, 0) is 55.7 Å². The number of hydrogen-bond acceptors (Lipinski definition) is 7. The molecule has 1 aromatic carbocycles. The summed E-state index contributed by atoms with van der Waals surface area (Å²) in [5, 5.41) is 4.14. The zero-order chi connectivity index (χ0) is 27.4. The molecule has 3 fully saturated rings. The zero-order valence-corrected chi connectivity index (χ0v) is 23.1. The lowest BCUT2D eigenvalue weighted by molar-refractivity contribution is -0.160. The first-order chi connectivity index (χ1) is 18.7. The molecule has 1 spiro atoms. The minimum atomic E-state index is -0.305. The Bertz CT molecular complexity index is 1460. The van der Waals surface area contributed by atoms with E-state index in [1.807, 2.05) is 11.8 Å². The summed E-state index contributed by atoms with van der Waals surface area (Å²) in [6.07, 6.45) is 8.43. The van der Waals surface area contributed by atoms with Gasteiger partial charge in [0.25, 0.3) is 0 Å². The Balaban J connectivity index is 1.15. The number of likely N-dealkylation sites (tertiary alicyclic amines) is 2. The summed E-state index contributed by atoms with van der Waals surface area (Å²) in [5.41, 5.74) is 3.49. The predicted molar refractivity (Wildman–Crippen MR) is 151 cm³/mol. The highest BCUT2D eigenvalue weighted by molar-refractivity contribution is 5.87. The number of nitrogens with zero attached hydrogens (tertiary/aromatic N) is 6. The van der Waals surface area contributed by atoms with Crippen LogP contribution < -0.4 is 11.0 Å². The second-order valence-electron chi connectivity index (χ2n) is 12.1. The highest BCUT2D eigenvalue weighted by atomic mass is 16.2. The van der Waals surface area contributed by atoms with Gasteiger partial charge in [0.15, 0.2) is 5.65 Å². The van der Waals surface area contributed by atoms with Gasteiger partial charge in [-0.25, -0.2) is 14.8 Å². The topological polar surface area (TPSA) is 96.3 Å². The van der Waals surface area contributed by atoms with E-state index in [4.69, 9.17) is 0 Å². The van der Waals surface area contributed by atoms with Crippen LogP contribution in [0.15, 0.2) is 54.1 Å². The van der Waals surface area contributed by atoms with Gasteiger partial charge in [0.05, 0.1) is 11.4 Å². The average molecular weight is 528 g/mol. The Hall–Kier alpha value is -3.59.